The number of aromatic nitrogens is 1. The van der Waals surface area contributed by atoms with Gasteiger partial charge in [-0.3, -0.25) is 4.79 Å². The van der Waals surface area contributed by atoms with E-state index < -0.39 is 0 Å². The van der Waals surface area contributed by atoms with Crippen molar-refractivity contribution in [3.05, 3.63) is 23.4 Å². The molecule has 2 N–H and O–H groups in total. The number of anilines is 1. The van der Waals surface area contributed by atoms with Crippen molar-refractivity contribution in [1.82, 2.24) is 9.88 Å². The van der Waals surface area contributed by atoms with Gasteiger partial charge in [0.2, 0.25) is 0 Å². The molecule has 2 heterocycles. The molecule has 4 heteroatoms. The lowest BCUT2D eigenvalue weighted by Gasteiger charge is -2.37. The van der Waals surface area contributed by atoms with E-state index in [1.165, 1.54) is 0 Å². The van der Waals surface area contributed by atoms with Crippen LogP contribution in [0.15, 0.2) is 12.1 Å². The van der Waals surface area contributed by atoms with Gasteiger partial charge < -0.3 is 10.6 Å². The summed E-state index contributed by atoms with van der Waals surface area (Å²) in [5, 5.41) is 0. The molecule has 2 rings (SSSR count). The van der Waals surface area contributed by atoms with Crippen LogP contribution in [0.4, 0.5) is 5.82 Å². The van der Waals surface area contributed by atoms with Gasteiger partial charge in [0.1, 0.15) is 5.82 Å². The SMILES string of the molecule is CCc1cc(C(=O)N2CCC(C)(C)CC2)cc(N)n1. The van der Waals surface area contributed by atoms with Crippen molar-refractivity contribution in [3.63, 3.8) is 0 Å². The summed E-state index contributed by atoms with van der Waals surface area (Å²) in [4.78, 5) is 18.6. The van der Waals surface area contributed by atoms with Gasteiger partial charge in [-0.1, -0.05) is 20.8 Å². The lowest BCUT2D eigenvalue weighted by molar-refractivity contribution is 0.0630. The first-order valence-corrected chi connectivity index (χ1v) is 6.97. The summed E-state index contributed by atoms with van der Waals surface area (Å²) in [6, 6.07) is 3.54. The summed E-state index contributed by atoms with van der Waals surface area (Å²) < 4.78 is 0. The monoisotopic (exact) mass is 261 g/mol. The van der Waals surface area contributed by atoms with E-state index in [9.17, 15) is 4.79 Å². The van der Waals surface area contributed by atoms with E-state index in [0.29, 0.717) is 16.8 Å². The zero-order chi connectivity index (χ0) is 14.0. The standard InChI is InChI=1S/C15H23N3O/c1-4-12-9-11(10-13(16)17-12)14(19)18-7-5-15(2,3)6-8-18/h9-10H,4-8H2,1-3H3,(H2,16,17). The molecule has 0 radical (unpaired) electrons. The molecular weight excluding hydrogens is 238 g/mol. The second kappa shape index (κ2) is 5.19. The van der Waals surface area contributed by atoms with E-state index in [1.807, 2.05) is 17.9 Å². The maximum Gasteiger partial charge on any atom is 0.254 e. The topological polar surface area (TPSA) is 59.2 Å². The largest absolute Gasteiger partial charge is 0.384 e. The van der Waals surface area contributed by atoms with Gasteiger partial charge in [-0.25, -0.2) is 4.98 Å². The van der Waals surface area contributed by atoms with E-state index >= 15 is 0 Å². The summed E-state index contributed by atoms with van der Waals surface area (Å²) in [6.45, 7) is 8.19. The van der Waals surface area contributed by atoms with Crippen LogP contribution in [0.3, 0.4) is 0 Å². The minimum absolute atomic E-state index is 0.0827. The molecule has 0 aromatic carbocycles. The van der Waals surface area contributed by atoms with Gasteiger partial charge in [0.15, 0.2) is 0 Å². The second-order valence-electron chi connectivity index (χ2n) is 6.08. The summed E-state index contributed by atoms with van der Waals surface area (Å²) >= 11 is 0. The molecule has 1 aromatic heterocycles. The molecule has 0 bridgehead atoms. The average molecular weight is 261 g/mol. The van der Waals surface area contributed by atoms with Crippen LogP contribution in [0, 0.1) is 5.41 Å². The van der Waals surface area contributed by atoms with Crippen LogP contribution in [0.1, 0.15) is 49.7 Å². The van der Waals surface area contributed by atoms with Gasteiger partial charge in [-0.05, 0) is 36.8 Å². The highest BCUT2D eigenvalue weighted by Gasteiger charge is 2.28. The number of nitrogens with zero attached hydrogens (tertiary/aromatic N) is 2. The molecule has 0 aliphatic carbocycles. The number of piperidine rings is 1. The molecule has 1 fully saturated rings. The molecule has 1 aliphatic heterocycles. The Morgan fingerprint density at radius 3 is 2.58 bits per heavy atom. The molecular formula is C15H23N3O. The number of carbonyl (C=O) groups excluding carboxylic acids is 1. The molecule has 0 saturated carbocycles. The van der Waals surface area contributed by atoms with Crippen molar-refractivity contribution in [3.8, 4) is 0 Å². The quantitative estimate of drug-likeness (QED) is 0.889. The predicted molar refractivity (Wildman–Crippen MR) is 76.9 cm³/mol. The third-order valence-corrected chi connectivity index (χ3v) is 3.91. The van der Waals surface area contributed by atoms with Gasteiger partial charge in [-0.15, -0.1) is 0 Å². The van der Waals surface area contributed by atoms with Crippen LogP contribution in [-0.2, 0) is 6.42 Å². The first-order valence-electron chi connectivity index (χ1n) is 6.97. The number of amides is 1. The molecule has 4 nitrogen and oxygen atoms in total. The fraction of sp³-hybridized carbons (Fsp3) is 0.600. The fourth-order valence-corrected chi connectivity index (χ4v) is 2.41. The van der Waals surface area contributed by atoms with Crippen LogP contribution >= 0.6 is 0 Å². The Balaban J connectivity index is 2.14. The van der Waals surface area contributed by atoms with Crippen molar-refractivity contribution in [2.75, 3.05) is 18.8 Å². The van der Waals surface area contributed by atoms with Crippen molar-refractivity contribution in [2.45, 2.75) is 40.0 Å². The number of hydrogen-bond acceptors (Lipinski definition) is 3. The first-order chi connectivity index (χ1) is 8.91. The Bertz CT molecular complexity index is 472. The molecule has 0 spiro atoms. The highest BCUT2D eigenvalue weighted by molar-refractivity contribution is 5.95. The maximum absolute atomic E-state index is 12.5. The molecule has 1 amide bonds. The van der Waals surface area contributed by atoms with Crippen LogP contribution in [0.5, 0.6) is 0 Å². The van der Waals surface area contributed by atoms with Gasteiger partial charge in [-0.2, -0.15) is 0 Å². The lowest BCUT2D eigenvalue weighted by atomic mass is 9.82. The number of carbonyl (C=O) groups is 1. The van der Waals surface area contributed by atoms with Crippen LogP contribution in [0.25, 0.3) is 0 Å². The third kappa shape index (κ3) is 3.25. The predicted octanol–water partition coefficient (Wildman–Crippen LogP) is 2.49. The average Bonchev–Trinajstić information content (AvgIpc) is 2.37. The Kier molecular flexibility index (Phi) is 3.78. The van der Waals surface area contributed by atoms with E-state index in [4.69, 9.17) is 5.73 Å². The molecule has 1 aliphatic rings. The Morgan fingerprint density at radius 1 is 1.37 bits per heavy atom. The lowest BCUT2D eigenvalue weighted by Crippen LogP contribution is -2.41. The molecule has 104 valence electrons. The Morgan fingerprint density at radius 2 is 2.00 bits per heavy atom. The normalized spacial score (nSPS) is 18.4. The number of pyridine rings is 1. The zero-order valence-electron chi connectivity index (χ0n) is 12.1. The summed E-state index contributed by atoms with van der Waals surface area (Å²) in [5.74, 6) is 0.513. The van der Waals surface area contributed by atoms with Gasteiger partial charge in [0, 0.05) is 24.3 Å². The highest BCUT2D eigenvalue weighted by Crippen LogP contribution is 2.30. The van der Waals surface area contributed by atoms with E-state index in [1.54, 1.807) is 6.07 Å². The minimum Gasteiger partial charge on any atom is -0.384 e. The summed E-state index contributed by atoms with van der Waals surface area (Å²) in [7, 11) is 0. The number of nitrogen functional groups attached to an aromatic ring is 1. The molecule has 0 atom stereocenters. The second-order valence-corrected chi connectivity index (χ2v) is 6.08. The number of nitrogens with two attached hydrogens (primary N) is 1. The van der Waals surface area contributed by atoms with E-state index in [2.05, 4.69) is 18.8 Å². The number of rotatable bonds is 2. The van der Waals surface area contributed by atoms with Gasteiger partial charge >= 0.3 is 0 Å². The summed E-state index contributed by atoms with van der Waals surface area (Å²) in [6.07, 6.45) is 2.90. The van der Waals surface area contributed by atoms with Gasteiger partial charge in [0.05, 0.1) is 0 Å². The first kappa shape index (κ1) is 13.8. The Hall–Kier alpha value is -1.58. The van der Waals surface area contributed by atoms with E-state index in [0.717, 1.165) is 38.0 Å². The van der Waals surface area contributed by atoms with Crippen LogP contribution in [-0.4, -0.2) is 28.9 Å². The molecule has 0 unspecified atom stereocenters. The number of likely N-dealkylation sites (tertiary alicyclic amines) is 1. The highest BCUT2D eigenvalue weighted by atomic mass is 16.2. The molecule has 1 aromatic rings. The summed E-state index contributed by atoms with van der Waals surface area (Å²) in [5.41, 5.74) is 7.66. The smallest absolute Gasteiger partial charge is 0.254 e. The fourth-order valence-electron chi connectivity index (χ4n) is 2.41. The van der Waals surface area contributed by atoms with Crippen LogP contribution < -0.4 is 5.73 Å². The number of aryl methyl sites for hydroxylation is 1. The van der Waals surface area contributed by atoms with E-state index in [-0.39, 0.29) is 5.91 Å². The maximum atomic E-state index is 12.5. The Labute approximate surface area is 115 Å². The molecule has 19 heavy (non-hydrogen) atoms. The molecule has 1 saturated heterocycles. The van der Waals surface area contributed by atoms with Crippen molar-refractivity contribution < 1.29 is 4.79 Å². The van der Waals surface area contributed by atoms with Crippen LogP contribution in [0.2, 0.25) is 0 Å². The minimum atomic E-state index is 0.0827. The van der Waals surface area contributed by atoms with Gasteiger partial charge in [0.25, 0.3) is 5.91 Å². The number of hydrogen-bond donors (Lipinski definition) is 1. The van der Waals surface area contributed by atoms with Crippen molar-refractivity contribution >= 4 is 11.7 Å². The van der Waals surface area contributed by atoms with Crippen molar-refractivity contribution in [1.29, 1.82) is 0 Å². The zero-order valence-corrected chi connectivity index (χ0v) is 12.1. The third-order valence-electron chi connectivity index (χ3n) is 3.91. The van der Waals surface area contributed by atoms with Crippen molar-refractivity contribution in [2.24, 2.45) is 5.41 Å².